The van der Waals surface area contributed by atoms with Gasteiger partial charge >= 0.3 is 5.97 Å². The van der Waals surface area contributed by atoms with Gasteiger partial charge in [0.15, 0.2) is 0 Å². The molecule has 1 heterocycles. The number of nitrogens with zero attached hydrogens (tertiary/aromatic N) is 2. The van der Waals surface area contributed by atoms with Crippen LogP contribution in [0.15, 0.2) is 0 Å². The summed E-state index contributed by atoms with van der Waals surface area (Å²) < 4.78 is 0. The summed E-state index contributed by atoms with van der Waals surface area (Å²) in [5, 5.41) is 9.05. The Morgan fingerprint density at radius 2 is 2.21 bits per heavy atom. The van der Waals surface area contributed by atoms with E-state index in [1.807, 2.05) is 6.92 Å². The van der Waals surface area contributed by atoms with Crippen LogP contribution in [0, 0.1) is 0 Å². The molecule has 14 heavy (non-hydrogen) atoms. The quantitative estimate of drug-likeness (QED) is 0.720. The smallest absolute Gasteiger partial charge is 0.320 e. The first-order valence-electron chi connectivity index (χ1n) is 5.23. The standard InChI is InChI=1S/C10H20N2O2/c1-4-9(10(13)14)12-6-5-11(3)7-8(12)2/h8-9H,4-7H2,1-3H3,(H,13,14)/t8-,9?/m1/s1. The molecule has 4 nitrogen and oxygen atoms in total. The first kappa shape index (κ1) is 11.5. The van der Waals surface area contributed by atoms with Crippen molar-refractivity contribution in [2.75, 3.05) is 26.7 Å². The van der Waals surface area contributed by atoms with Crippen LogP contribution < -0.4 is 0 Å². The van der Waals surface area contributed by atoms with Crippen LogP contribution in [0.4, 0.5) is 0 Å². The SMILES string of the molecule is CCC(C(=O)O)N1CCN(C)C[C@H]1C. The van der Waals surface area contributed by atoms with Crippen molar-refractivity contribution in [3.8, 4) is 0 Å². The fraction of sp³-hybridized carbons (Fsp3) is 0.900. The molecule has 82 valence electrons. The minimum Gasteiger partial charge on any atom is -0.480 e. The molecule has 0 aliphatic carbocycles. The average molecular weight is 200 g/mol. The Morgan fingerprint density at radius 3 is 2.64 bits per heavy atom. The van der Waals surface area contributed by atoms with E-state index < -0.39 is 5.97 Å². The van der Waals surface area contributed by atoms with Crippen LogP contribution >= 0.6 is 0 Å². The van der Waals surface area contributed by atoms with E-state index in [2.05, 4.69) is 23.8 Å². The van der Waals surface area contributed by atoms with Crippen molar-refractivity contribution in [3.63, 3.8) is 0 Å². The van der Waals surface area contributed by atoms with Crippen LogP contribution in [-0.4, -0.2) is 59.6 Å². The van der Waals surface area contributed by atoms with Gasteiger partial charge in [0.2, 0.25) is 0 Å². The Balaban J connectivity index is 2.62. The lowest BCUT2D eigenvalue weighted by atomic mass is 10.1. The van der Waals surface area contributed by atoms with Crippen molar-refractivity contribution in [1.29, 1.82) is 0 Å². The van der Waals surface area contributed by atoms with Crippen molar-refractivity contribution in [1.82, 2.24) is 9.80 Å². The van der Waals surface area contributed by atoms with Gasteiger partial charge in [0.1, 0.15) is 6.04 Å². The number of aliphatic carboxylic acids is 1. The second-order valence-electron chi connectivity index (χ2n) is 4.11. The van der Waals surface area contributed by atoms with Crippen LogP contribution in [0.3, 0.4) is 0 Å². The molecule has 0 aromatic carbocycles. The Hall–Kier alpha value is -0.610. The van der Waals surface area contributed by atoms with E-state index >= 15 is 0 Å². The van der Waals surface area contributed by atoms with E-state index in [9.17, 15) is 4.79 Å². The van der Waals surface area contributed by atoms with Gasteiger partial charge < -0.3 is 10.0 Å². The van der Waals surface area contributed by atoms with E-state index in [1.165, 1.54) is 0 Å². The van der Waals surface area contributed by atoms with Gasteiger partial charge in [-0.05, 0) is 20.4 Å². The summed E-state index contributed by atoms with van der Waals surface area (Å²) in [6, 6.07) is 0.0356. The largest absolute Gasteiger partial charge is 0.480 e. The molecule has 0 spiro atoms. The molecule has 1 saturated heterocycles. The van der Waals surface area contributed by atoms with Crippen molar-refractivity contribution < 1.29 is 9.90 Å². The zero-order valence-electron chi connectivity index (χ0n) is 9.23. The molecule has 0 saturated carbocycles. The summed E-state index contributed by atoms with van der Waals surface area (Å²) in [6.07, 6.45) is 0.684. The highest BCUT2D eigenvalue weighted by Gasteiger charge is 2.30. The van der Waals surface area contributed by atoms with Crippen molar-refractivity contribution in [2.45, 2.75) is 32.4 Å². The summed E-state index contributed by atoms with van der Waals surface area (Å²) in [7, 11) is 2.08. The average Bonchev–Trinajstić information content (AvgIpc) is 2.09. The maximum absolute atomic E-state index is 11.0. The molecule has 1 aliphatic rings. The van der Waals surface area contributed by atoms with E-state index in [0.717, 1.165) is 19.6 Å². The highest BCUT2D eigenvalue weighted by atomic mass is 16.4. The maximum atomic E-state index is 11.0. The monoisotopic (exact) mass is 200 g/mol. The third kappa shape index (κ3) is 2.45. The third-order valence-electron chi connectivity index (χ3n) is 2.95. The molecule has 1 aliphatic heterocycles. The van der Waals surface area contributed by atoms with Crippen molar-refractivity contribution in [3.05, 3.63) is 0 Å². The number of hydrogen-bond acceptors (Lipinski definition) is 3. The van der Waals surface area contributed by atoms with Crippen LogP contribution in [0.1, 0.15) is 20.3 Å². The lowest BCUT2D eigenvalue weighted by Crippen LogP contribution is -2.56. The molecule has 1 fully saturated rings. The number of rotatable bonds is 3. The normalized spacial score (nSPS) is 27.5. The zero-order chi connectivity index (χ0) is 10.7. The summed E-state index contributed by atoms with van der Waals surface area (Å²) in [5.74, 6) is -0.691. The molecular formula is C10H20N2O2. The minimum absolute atomic E-state index is 0.307. The maximum Gasteiger partial charge on any atom is 0.320 e. The number of likely N-dealkylation sites (N-methyl/N-ethyl adjacent to an activating group) is 1. The highest BCUT2D eigenvalue weighted by molar-refractivity contribution is 5.73. The number of carboxylic acids is 1. The number of carbonyl (C=O) groups is 1. The Bertz CT molecular complexity index is 208. The molecule has 2 atom stereocenters. The second kappa shape index (κ2) is 4.75. The summed E-state index contributed by atoms with van der Waals surface area (Å²) >= 11 is 0. The van der Waals surface area contributed by atoms with Crippen LogP contribution in [0.25, 0.3) is 0 Å². The molecule has 1 unspecified atom stereocenters. The van der Waals surface area contributed by atoms with Gasteiger partial charge in [0, 0.05) is 25.7 Å². The van der Waals surface area contributed by atoms with Gasteiger partial charge in [-0.1, -0.05) is 6.92 Å². The lowest BCUT2D eigenvalue weighted by Gasteiger charge is -2.41. The van der Waals surface area contributed by atoms with Crippen LogP contribution in [0.2, 0.25) is 0 Å². The first-order valence-corrected chi connectivity index (χ1v) is 5.23. The van der Waals surface area contributed by atoms with Gasteiger partial charge in [-0.15, -0.1) is 0 Å². The van der Waals surface area contributed by atoms with E-state index in [-0.39, 0.29) is 6.04 Å². The molecule has 0 amide bonds. The molecule has 4 heteroatoms. The van der Waals surface area contributed by atoms with Crippen LogP contribution in [-0.2, 0) is 4.79 Å². The predicted molar refractivity (Wildman–Crippen MR) is 55.4 cm³/mol. The Morgan fingerprint density at radius 1 is 1.57 bits per heavy atom. The van der Waals surface area contributed by atoms with Crippen LogP contribution in [0.5, 0.6) is 0 Å². The third-order valence-corrected chi connectivity index (χ3v) is 2.95. The summed E-state index contributed by atoms with van der Waals surface area (Å²) in [4.78, 5) is 15.3. The summed E-state index contributed by atoms with van der Waals surface area (Å²) in [5.41, 5.74) is 0. The van der Waals surface area contributed by atoms with E-state index in [0.29, 0.717) is 12.5 Å². The molecule has 0 aromatic heterocycles. The van der Waals surface area contributed by atoms with E-state index in [4.69, 9.17) is 5.11 Å². The molecule has 1 rings (SSSR count). The molecule has 0 radical (unpaired) electrons. The predicted octanol–water partition coefficient (Wildman–Crippen LogP) is 0.486. The molecular weight excluding hydrogens is 180 g/mol. The Kier molecular flexibility index (Phi) is 3.89. The topological polar surface area (TPSA) is 43.8 Å². The Labute approximate surface area is 85.5 Å². The fourth-order valence-corrected chi connectivity index (χ4v) is 2.17. The van der Waals surface area contributed by atoms with E-state index in [1.54, 1.807) is 0 Å². The van der Waals surface area contributed by atoms with Gasteiger partial charge in [-0.25, -0.2) is 0 Å². The molecule has 0 aromatic rings. The number of hydrogen-bond donors (Lipinski definition) is 1. The van der Waals surface area contributed by atoms with Gasteiger partial charge in [0.25, 0.3) is 0 Å². The zero-order valence-corrected chi connectivity index (χ0v) is 9.23. The number of carboxylic acid groups (broad SMARTS) is 1. The summed E-state index contributed by atoms with van der Waals surface area (Å²) in [6.45, 7) is 6.82. The highest BCUT2D eigenvalue weighted by Crippen LogP contribution is 2.14. The fourth-order valence-electron chi connectivity index (χ4n) is 2.17. The number of piperazine rings is 1. The molecule has 0 bridgehead atoms. The van der Waals surface area contributed by atoms with Crippen molar-refractivity contribution >= 4 is 5.97 Å². The first-order chi connectivity index (χ1) is 6.56. The van der Waals surface area contributed by atoms with Gasteiger partial charge in [0.05, 0.1) is 0 Å². The minimum atomic E-state index is -0.691. The second-order valence-corrected chi connectivity index (χ2v) is 4.11. The molecule has 1 N–H and O–H groups in total. The van der Waals surface area contributed by atoms with Crippen molar-refractivity contribution in [2.24, 2.45) is 0 Å². The van der Waals surface area contributed by atoms with Gasteiger partial charge in [-0.3, -0.25) is 9.69 Å². The van der Waals surface area contributed by atoms with Gasteiger partial charge in [-0.2, -0.15) is 0 Å². The lowest BCUT2D eigenvalue weighted by molar-refractivity contribution is -0.145.